The molecule has 0 aromatic rings. The van der Waals surface area contributed by atoms with Gasteiger partial charge in [0, 0.05) is 18.5 Å². The van der Waals surface area contributed by atoms with Gasteiger partial charge in [-0.15, -0.1) is 24.0 Å². The van der Waals surface area contributed by atoms with Gasteiger partial charge in [0.05, 0.1) is 0 Å². The minimum atomic E-state index is 0. The molecular weight excluding hydrogens is 421 g/mol. The smallest absolute Gasteiger partial charge is 0.0351 e. The van der Waals surface area contributed by atoms with Crippen molar-refractivity contribution < 1.29 is 0 Å². The maximum absolute atomic E-state index is 6.20. The van der Waals surface area contributed by atoms with E-state index < -0.39 is 0 Å². The highest BCUT2D eigenvalue weighted by Gasteiger charge is 2.60. The van der Waals surface area contributed by atoms with Crippen LogP contribution in [0.1, 0.15) is 105 Å². The molecule has 0 amide bonds. The van der Waals surface area contributed by atoms with E-state index in [4.69, 9.17) is 11.6 Å². The van der Waals surface area contributed by atoms with Crippen molar-refractivity contribution in [2.75, 3.05) is 19.0 Å². The third kappa shape index (κ3) is 4.73. The highest BCUT2D eigenvalue weighted by Crippen LogP contribution is 2.67. The van der Waals surface area contributed by atoms with Gasteiger partial charge >= 0.3 is 0 Å². The monoisotopic (exact) mass is 471 g/mol. The molecule has 0 spiro atoms. The lowest BCUT2D eigenvalue weighted by molar-refractivity contribution is -0.129. The minimum Gasteiger partial charge on any atom is -0.299 e. The second-order valence-corrected chi connectivity index (χ2v) is 13.2. The average molecular weight is 473 g/mol. The molecule has 1 aliphatic heterocycles. The third-order valence-electron chi connectivity index (χ3n) is 11.0. The van der Waals surface area contributed by atoms with Gasteiger partial charge in [0.2, 0.25) is 0 Å². The van der Waals surface area contributed by atoms with Crippen molar-refractivity contribution in [2.45, 2.75) is 111 Å². The molecule has 182 valence electrons. The SMILES string of the molecule is CC(C)CCCC(C)C1CCC2C3CCC4N(CCCl)CCCC4(C)C3CCC12C.Cl. The number of piperidine rings is 1. The molecule has 0 bridgehead atoms. The van der Waals surface area contributed by atoms with E-state index in [0.29, 0.717) is 10.8 Å². The Labute approximate surface area is 205 Å². The van der Waals surface area contributed by atoms with Crippen molar-refractivity contribution in [3.63, 3.8) is 0 Å². The van der Waals surface area contributed by atoms with Crippen LogP contribution < -0.4 is 0 Å². The van der Waals surface area contributed by atoms with Crippen molar-refractivity contribution in [3.8, 4) is 0 Å². The molecule has 4 aliphatic rings. The summed E-state index contributed by atoms with van der Waals surface area (Å²) in [4.78, 5) is 2.79. The second kappa shape index (κ2) is 10.4. The summed E-state index contributed by atoms with van der Waals surface area (Å²) in [6.07, 6.45) is 16.2. The zero-order valence-electron chi connectivity index (χ0n) is 21.2. The van der Waals surface area contributed by atoms with Crippen LogP contribution in [0.4, 0.5) is 0 Å². The summed E-state index contributed by atoms with van der Waals surface area (Å²) in [5.41, 5.74) is 1.18. The molecule has 31 heavy (non-hydrogen) atoms. The van der Waals surface area contributed by atoms with Crippen molar-refractivity contribution in [3.05, 3.63) is 0 Å². The Morgan fingerprint density at radius 3 is 2.35 bits per heavy atom. The third-order valence-corrected chi connectivity index (χ3v) is 11.2. The Morgan fingerprint density at radius 1 is 0.903 bits per heavy atom. The predicted octanol–water partition coefficient (Wildman–Crippen LogP) is 8.43. The quantitative estimate of drug-likeness (QED) is 0.336. The topological polar surface area (TPSA) is 3.24 Å². The number of rotatable bonds is 7. The summed E-state index contributed by atoms with van der Waals surface area (Å²) >= 11 is 6.20. The van der Waals surface area contributed by atoms with E-state index in [1.54, 1.807) is 0 Å². The van der Waals surface area contributed by atoms with E-state index in [0.717, 1.165) is 54.0 Å². The van der Waals surface area contributed by atoms with Gasteiger partial charge in [-0.3, -0.25) is 4.90 Å². The number of hydrogen-bond donors (Lipinski definition) is 0. The van der Waals surface area contributed by atoms with Gasteiger partial charge in [0.1, 0.15) is 0 Å². The first-order valence-corrected chi connectivity index (χ1v) is 14.1. The van der Waals surface area contributed by atoms with E-state index >= 15 is 0 Å². The summed E-state index contributed by atoms with van der Waals surface area (Å²) in [6.45, 7) is 15.2. The van der Waals surface area contributed by atoms with E-state index in [9.17, 15) is 0 Å². The number of alkyl halides is 1. The first-order chi connectivity index (χ1) is 14.3. The van der Waals surface area contributed by atoms with Gasteiger partial charge in [-0.1, -0.05) is 53.9 Å². The Kier molecular flexibility index (Phi) is 8.80. The van der Waals surface area contributed by atoms with Crippen LogP contribution in [0.3, 0.4) is 0 Å². The van der Waals surface area contributed by atoms with Crippen molar-refractivity contribution >= 4 is 24.0 Å². The number of fused-ring (bicyclic) bond motifs is 5. The van der Waals surface area contributed by atoms with Crippen LogP contribution in [0.15, 0.2) is 0 Å². The van der Waals surface area contributed by atoms with Crippen LogP contribution in [-0.2, 0) is 0 Å². The Hall–Kier alpha value is 0.540. The molecule has 0 radical (unpaired) electrons. The Bertz CT molecular complexity index is 577. The number of nitrogens with zero attached hydrogens (tertiary/aromatic N) is 1. The number of likely N-dealkylation sites (tertiary alicyclic amines) is 1. The summed E-state index contributed by atoms with van der Waals surface area (Å²) in [5, 5.41) is 0. The van der Waals surface area contributed by atoms with Gasteiger partial charge in [-0.25, -0.2) is 0 Å². The molecule has 8 atom stereocenters. The van der Waals surface area contributed by atoms with Crippen molar-refractivity contribution in [1.29, 1.82) is 0 Å². The lowest BCUT2D eigenvalue weighted by Gasteiger charge is -2.62. The summed E-state index contributed by atoms with van der Waals surface area (Å²) < 4.78 is 0. The van der Waals surface area contributed by atoms with E-state index in [2.05, 4.69) is 39.5 Å². The van der Waals surface area contributed by atoms with Gasteiger partial charge < -0.3 is 0 Å². The molecule has 1 nitrogen and oxygen atoms in total. The molecule has 3 saturated carbocycles. The predicted molar refractivity (Wildman–Crippen MR) is 138 cm³/mol. The molecule has 4 rings (SSSR count). The molecule has 4 fully saturated rings. The zero-order chi connectivity index (χ0) is 21.5. The highest BCUT2D eigenvalue weighted by atomic mass is 35.5. The first-order valence-electron chi connectivity index (χ1n) is 13.6. The number of halogens is 2. The maximum atomic E-state index is 6.20. The molecule has 0 aromatic heterocycles. The van der Waals surface area contributed by atoms with E-state index in [1.807, 2.05) is 0 Å². The fourth-order valence-corrected chi connectivity index (χ4v) is 9.82. The maximum Gasteiger partial charge on any atom is 0.0351 e. The van der Waals surface area contributed by atoms with Gasteiger partial charge in [0.25, 0.3) is 0 Å². The van der Waals surface area contributed by atoms with Crippen LogP contribution in [0.2, 0.25) is 0 Å². The molecule has 1 saturated heterocycles. The van der Waals surface area contributed by atoms with Crippen LogP contribution in [-0.4, -0.2) is 29.9 Å². The van der Waals surface area contributed by atoms with E-state index in [-0.39, 0.29) is 12.4 Å². The summed E-state index contributed by atoms with van der Waals surface area (Å²) in [7, 11) is 0. The molecule has 1 heterocycles. The van der Waals surface area contributed by atoms with Crippen LogP contribution in [0.25, 0.3) is 0 Å². The second-order valence-electron chi connectivity index (χ2n) is 12.8. The van der Waals surface area contributed by atoms with Crippen LogP contribution in [0.5, 0.6) is 0 Å². The minimum absolute atomic E-state index is 0. The molecule has 3 heteroatoms. The Morgan fingerprint density at radius 2 is 1.65 bits per heavy atom. The van der Waals surface area contributed by atoms with E-state index in [1.165, 1.54) is 77.2 Å². The fraction of sp³-hybridized carbons (Fsp3) is 1.00. The standard InChI is InChI=1S/C28H50ClN.ClH/c1-20(2)8-6-9-21(3)23-11-12-24-22-10-13-26-28(5,15-7-18-30(26)19-17-29)25(22)14-16-27(23,24)4;/h20-26H,6-19H2,1-5H3;1H. The van der Waals surface area contributed by atoms with Crippen molar-refractivity contribution in [1.82, 2.24) is 4.90 Å². The van der Waals surface area contributed by atoms with Gasteiger partial charge in [0.15, 0.2) is 0 Å². The fourth-order valence-electron chi connectivity index (χ4n) is 9.61. The molecular formula is C28H51Cl2N. The highest BCUT2D eigenvalue weighted by molar-refractivity contribution is 6.18. The van der Waals surface area contributed by atoms with Crippen LogP contribution >= 0.6 is 24.0 Å². The lowest BCUT2D eigenvalue weighted by atomic mass is 9.46. The molecule has 0 aromatic carbocycles. The van der Waals surface area contributed by atoms with Crippen LogP contribution in [0, 0.1) is 46.3 Å². The first kappa shape index (κ1) is 26.2. The zero-order valence-corrected chi connectivity index (χ0v) is 22.7. The average Bonchev–Trinajstić information content (AvgIpc) is 3.05. The largest absolute Gasteiger partial charge is 0.299 e. The lowest BCUT2D eigenvalue weighted by Crippen LogP contribution is -2.61. The molecule has 3 aliphatic carbocycles. The van der Waals surface area contributed by atoms with Crippen molar-refractivity contribution in [2.24, 2.45) is 46.3 Å². The molecule has 8 unspecified atom stereocenters. The summed E-state index contributed by atoms with van der Waals surface area (Å²) in [6, 6.07) is 0.808. The van der Waals surface area contributed by atoms with Gasteiger partial charge in [-0.2, -0.15) is 0 Å². The Balaban J connectivity index is 0.00000272. The normalized spacial score (nSPS) is 43.6. The molecule has 0 N–H and O–H groups in total. The van der Waals surface area contributed by atoms with Gasteiger partial charge in [-0.05, 0) is 104 Å². The summed E-state index contributed by atoms with van der Waals surface area (Å²) in [5.74, 6) is 6.57. The number of hydrogen-bond acceptors (Lipinski definition) is 1.